The lowest BCUT2D eigenvalue weighted by Gasteiger charge is -2.08. The lowest BCUT2D eigenvalue weighted by Crippen LogP contribution is -2.04. The Hall–Kier alpha value is -2.34. The zero-order valence-electron chi connectivity index (χ0n) is 15.5. The maximum absolute atomic E-state index is 12.9. The van der Waals surface area contributed by atoms with E-state index in [1.807, 2.05) is 13.0 Å². The molecule has 0 bridgehead atoms. The molecule has 0 saturated heterocycles. The molecule has 0 saturated carbocycles. The number of alkyl halides is 3. The van der Waals surface area contributed by atoms with Crippen LogP contribution in [0.2, 0.25) is 0 Å². The highest BCUT2D eigenvalue weighted by atomic mass is 32.1. The molecule has 3 aromatic rings. The summed E-state index contributed by atoms with van der Waals surface area (Å²) in [6.45, 7) is 2.44. The summed E-state index contributed by atoms with van der Waals surface area (Å²) in [6, 6.07) is 11.6. The highest BCUT2D eigenvalue weighted by Gasteiger charge is 2.30. The molecule has 0 radical (unpaired) electrons. The van der Waals surface area contributed by atoms with E-state index in [0.29, 0.717) is 23.6 Å². The molecule has 1 aliphatic carbocycles. The number of benzene rings is 2. The van der Waals surface area contributed by atoms with Crippen LogP contribution in [-0.4, -0.2) is 11.6 Å². The number of nitrogens with zero attached hydrogens (tertiary/aromatic N) is 1. The summed E-state index contributed by atoms with van der Waals surface area (Å²) in [4.78, 5) is 5.57. The predicted octanol–water partition coefficient (Wildman–Crippen LogP) is 6.25. The van der Waals surface area contributed by atoms with Gasteiger partial charge in [-0.3, -0.25) is 0 Å². The standard InChI is InChI=1S/C22H20F3NOS/c1-14-20(10-11-27-19-9-8-15-4-2-5-16(15)13-19)26-21(28-14)17-6-3-7-18(12-17)22(23,24)25/h3,6-9,12-13H,2,4-5,10-11H2,1H3. The SMILES string of the molecule is Cc1sc(-c2cccc(C(F)(F)F)c2)nc1CCOc1ccc2c(c1)CCC2. The van der Waals surface area contributed by atoms with Gasteiger partial charge in [0.05, 0.1) is 17.9 Å². The Kier molecular flexibility index (Phi) is 5.15. The average Bonchev–Trinajstić information content (AvgIpc) is 3.27. The van der Waals surface area contributed by atoms with E-state index in [9.17, 15) is 13.2 Å². The second-order valence-electron chi connectivity index (χ2n) is 6.98. The first-order chi connectivity index (χ1) is 13.4. The zero-order valence-corrected chi connectivity index (χ0v) is 16.3. The maximum atomic E-state index is 12.9. The van der Waals surface area contributed by atoms with Crippen molar-refractivity contribution in [3.8, 4) is 16.3 Å². The van der Waals surface area contributed by atoms with Crippen molar-refractivity contribution in [2.75, 3.05) is 6.61 Å². The van der Waals surface area contributed by atoms with Crippen LogP contribution in [0.4, 0.5) is 13.2 Å². The lowest BCUT2D eigenvalue weighted by atomic mass is 10.1. The van der Waals surface area contributed by atoms with Gasteiger partial charge in [-0.1, -0.05) is 18.2 Å². The molecular formula is C22H20F3NOS. The van der Waals surface area contributed by atoms with Crippen LogP contribution in [0.1, 0.15) is 33.7 Å². The first-order valence-corrected chi connectivity index (χ1v) is 10.1. The molecule has 4 rings (SSSR count). The molecule has 28 heavy (non-hydrogen) atoms. The normalized spacial score (nSPS) is 13.6. The number of ether oxygens (including phenoxy) is 1. The molecule has 2 nitrogen and oxygen atoms in total. The van der Waals surface area contributed by atoms with Crippen molar-refractivity contribution in [2.24, 2.45) is 0 Å². The Morgan fingerprint density at radius 1 is 1.07 bits per heavy atom. The Morgan fingerprint density at radius 3 is 2.71 bits per heavy atom. The van der Waals surface area contributed by atoms with Crippen molar-refractivity contribution in [3.05, 3.63) is 69.7 Å². The van der Waals surface area contributed by atoms with Gasteiger partial charge in [0, 0.05) is 16.9 Å². The largest absolute Gasteiger partial charge is 0.493 e. The summed E-state index contributed by atoms with van der Waals surface area (Å²) in [5.74, 6) is 0.867. The van der Waals surface area contributed by atoms with Crippen molar-refractivity contribution >= 4 is 11.3 Å². The minimum atomic E-state index is -4.35. The van der Waals surface area contributed by atoms with E-state index in [-0.39, 0.29) is 0 Å². The van der Waals surface area contributed by atoms with E-state index < -0.39 is 11.7 Å². The summed E-state index contributed by atoms with van der Waals surface area (Å²) in [5, 5.41) is 0.608. The molecule has 0 atom stereocenters. The number of aromatic nitrogens is 1. The van der Waals surface area contributed by atoms with Crippen molar-refractivity contribution < 1.29 is 17.9 Å². The van der Waals surface area contributed by atoms with Gasteiger partial charge in [0.15, 0.2) is 0 Å². The Bertz CT molecular complexity index is 994. The molecule has 2 aromatic carbocycles. The lowest BCUT2D eigenvalue weighted by molar-refractivity contribution is -0.137. The van der Waals surface area contributed by atoms with Gasteiger partial charge in [0.2, 0.25) is 0 Å². The van der Waals surface area contributed by atoms with Crippen molar-refractivity contribution in [1.82, 2.24) is 4.98 Å². The Labute approximate surface area is 166 Å². The minimum Gasteiger partial charge on any atom is -0.493 e. The molecule has 146 valence electrons. The predicted molar refractivity (Wildman–Crippen MR) is 105 cm³/mol. The minimum absolute atomic E-state index is 0.491. The summed E-state index contributed by atoms with van der Waals surface area (Å²) in [6.07, 6.45) is -0.271. The molecule has 0 spiro atoms. The molecule has 0 aliphatic heterocycles. The first-order valence-electron chi connectivity index (χ1n) is 9.29. The topological polar surface area (TPSA) is 22.1 Å². The second-order valence-corrected chi connectivity index (χ2v) is 8.19. The van der Waals surface area contributed by atoms with Crippen LogP contribution in [0.15, 0.2) is 42.5 Å². The monoisotopic (exact) mass is 403 g/mol. The quantitative estimate of drug-likeness (QED) is 0.502. The smallest absolute Gasteiger partial charge is 0.416 e. The first kappa shape index (κ1) is 19.0. The van der Waals surface area contributed by atoms with E-state index in [1.54, 1.807) is 6.07 Å². The number of hydrogen-bond donors (Lipinski definition) is 0. The van der Waals surface area contributed by atoms with Crippen LogP contribution >= 0.6 is 11.3 Å². The van der Waals surface area contributed by atoms with Crippen LogP contribution in [0.25, 0.3) is 10.6 Å². The molecule has 0 fully saturated rings. The molecule has 1 aromatic heterocycles. The van der Waals surface area contributed by atoms with Crippen LogP contribution in [0.3, 0.4) is 0 Å². The molecule has 6 heteroatoms. The fourth-order valence-electron chi connectivity index (χ4n) is 3.52. The molecular weight excluding hydrogens is 383 g/mol. The number of rotatable bonds is 5. The van der Waals surface area contributed by atoms with Crippen molar-refractivity contribution in [3.63, 3.8) is 0 Å². The van der Waals surface area contributed by atoms with Crippen LogP contribution in [0, 0.1) is 6.92 Å². The van der Waals surface area contributed by atoms with E-state index in [0.717, 1.165) is 41.3 Å². The fourth-order valence-corrected chi connectivity index (χ4v) is 4.47. The summed E-state index contributed by atoms with van der Waals surface area (Å²) < 4.78 is 44.7. The second kappa shape index (κ2) is 7.59. The van der Waals surface area contributed by atoms with E-state index in [2.05, 4.69) is 17.1 Å². The number of halogens is 3. The number of aryl methyl sites for hydroxylation is 3. The third-order valence-corrected chi connectivity index (χ3v) is 6.07. The van der Waals surface area contributed by atoms with Crippen LogP contribution in [0.5, 0.6) is 5.75 Å². The van der Waals surface area contributed by atoms with E-state index in [1.165, 1.54) is 35.0 Å². The fraction of sp³-hybridized carbons (Fsp3) is 0.318. The van der Waals surface area contributed by atoms with Gasteiger partial charge in [-0.2, -0.15) is 13.2 Å². The van der Waals surface area contributed by atoms with Gasteiger partial charge >= 0.3 is 6.18 Å². The number of thiazole rings is 1. The summed E-state index contributed by atoms with van der Waals surface area (Å²) >= 11 is 1.42. The van der Waals surface area contributed by atoms with Crippen LogP contribution in [-0.2, 0) is 25.4 Å². The van der Waals surface area contributed by atoms with Crippen LogP contribution < -0.4 is 4.74 Å². The van der Waals surface area contributed by atoms with Gasteiger partial charge < -0.3 is 4.74 Å². The Morgan fingerprint density at radius 2 is 1.89 bits per heavy atom. The Balaban J connectivity index is 1.43. The van der Waals surface area contributed by atoms with Gasteiger partial charge in [-0.05, 0) is 61.6 Å². The van der Waals surface area contributed by atoms with Gasteiger partial charge in [0.1, 0.15) is 10.8 Å². The van der Waals surface area contributed by atoms with Gasteiger partial charge in [-0.25, -0.2) is 4.98 Å². The molecule has 1 aliphatic rings. The highest BCUT2D eigenvalue weighted by Crippen LogP contribution is 2.34. The zero-order chi connectivity index (χ0) is 19.7. The van der Waals surface area contributed by atoms with Crippen molar-refractivity contribution in [1.29, 1.82) is 0 Å². The third-order valence-electron chi connectivity index (χ3n) is 5.01. The third kappa shape index (κ3) is 4.07. The number of hydrogen-bond acceptors (Lipinski definition) is 3. The molecule has 0 unspecified atom stereocenters. The molecule has 1 heterocycles. The summed E-state index contributed by atoms with van der Waals surface area (Å²) in [7, 11) is 0. The summed E-state index contributed by atoms with van der Waals surface area (Å²) in [5.41, 5.74) is 3.49. The molecule has 0 amide bonds. The van der Waals surface area contributed by atoms with Gasteiger partial charge in [-0.15, -0.1) is 11.3 Å². The van der Waals surface area contributed by atoms with Gasteiger partial charge in [0.25, 0.3) is 0 Å². The maximum Gasteiger partial charge on any atom is 0.416 e. The average molecular weight is 403 g/mol. The van der Waals surface area contributed by atoms with E-state index in [4.69, 9.17) is 4.74 Å². The van der Waals surface area contributed by atoms with Crippen molar-refractivity contribution in [2.45, 2.75) is 38.8 Å². The molecule has 0 N–H and O–H groups in total. The highest BCUT2D eigenvalue weighted by molar-refractivity contribution is 7.15. The number of fused-ring (bicyclic) bond motifs is 1. The van der Waals surface area contributed by atoms with E-state index >= 15 is 0 Å².